The molecule has 2 N–H and O–H groups in total. The van der Waals surface area contributed by atoms with Gasteiger partial charge in [-0.3, -0.25) is 4.90 Å². The summed E-state index contributed by atoms with van der Waals surface area (Å²) in [5.74, 6) is 2.36. The van der Waals surface area contributed by atoms with E-state index in [9.17, 15) is 4.79 Å². The molecule has 1 aliphatic rings. The van der Waals surface area contributed by atoms with Crippen molar-refractivity contribution in [3.8, 4) is 12.3 Å². The first-order valence-electron chi connectivity index (χ1n) is 6.44. The summed E-state index contributed by atoms with van der Waals surface area (Å²) in [5, 5.41) is 5.34. The van der Waals surface area contributed by atoms with E-state index in [1.807, 2.05) is 0 Å². The zero-order valence-electron chi connectivity index (χ0n) is 11.2. The molecule has 0 aromatic rings. The van der Waals surface area contributed by atoms with Crippen molar-refractivity contribution in [1.29, 1.82) is 0 Å². The van der Waals surface area contributed by atoms with Crippen molar-refractivity contribution in [3.63, 3.8) is 0 Å². The zero-order chi connectivity index (χ0) is 13.4. The van der Waals surface area contributed by atoms with Crippen molar-refractivity contribution in [2.75, 3.05) is 32.7 Å². The van der Waals surface area contributed by atoms with Gasteiger partial charge in [0.2, 0.25) is 0 Å². The number of hydrogen-bond acceptors (Lipinski definition) is 3. The molecule has 0 radical (unpaired) electrons. The minimum Gasteiger partial charge on any atom is -0.373 e. The van der Waals surface area contributed by atoms with Crippen molar-refractivity contribution in [2.45, 2.75) is 32.5 Å². The number of terminal acetylenes is 1. The van der Waals surface area contributed by atoms with Crippen LogP contribution in [0.25, 0.3) is 0 Å². The number of ether oxygens (including phenoxy) is 1. The fourth-order valence-corrected chi connectivity index (χ4v) is 2.17. The summed E-state index contributed by atoms with van der Waals surface area (Å²) in [7, 11) is 0. The SMILES string of the molecule is C#CCNC(=O)NCCCN1CC(C)OC(C)C1. The van der Waals surface area contributed by atoms with E-state index in [0.717, 1.165) is 26.1 Å². The van der Waals surface area contributed by atoms with Crippen LogP contribution < -0.4 is 10.6 Å². The maximum Gasteiger partial charge on any atom is 0.315 e. The van der Waals surface area contributed by atoms with Gasteiger partial charge in [-0.1, -0.05) is 5.92 Å². The maximum absolute atomic E-state index is 11.2. The molecule has 1 rings (SSSR count). The largest absolute Gasteiger partial charge is 0.373 e. The van der Waals surface area contributed by atoms with Gasteiger partial charge in [0, 0.05) is 26.2 Å². The van der Waals surface area contributed by atoms with E-state index in [4.69, 9.17) is 11.2 Å². The second-order valence-electron chi connectivity index (χ2n) is 4.68. The van der Waals surface area contributed by atoms with E-state index in [-0.39, 0.29) is 12.6 Å². The number of carbonyl (C=O) groups is 1. The third-order valence-corrected chi connectivity index (χ3v) is 2.78. The topological polar surface area (TPSA) is 53.6 Å². The highest BCUT2D eigenvalue weighted by molar-refractivity contribution is 5.73. The molecule has 2 amide bonds. The van der Waals surface area contributed by atoms with Gasteiger partial charge in [0.1, 0.15) is 0 Å². The monoisotopic (exact) mass is 253 g/mol. The van der Waals surface area contributed by atoms with Crippen LogP contribution in [0.2, 0.25) is 0 Å². The van der Waals surface area contributed by atoms with Crippen LogP contribution in [0.15, 0.2) is 0 Å². The fourth-order valence-electron chi connectivity index (χ4n) is 2.17. The van der Waals surface area contributed by atoms with Crippen LogP contribution in [0.4, 0.5) is 4.79 Å². The van der Waals surface area contributed by atoms with Gasteiger partial charge in [0.15, 0.2) is 0 Å². The number of morpholine rings is 1. The minimum absolute atomic E-state index is 0.198. The van der Waals surface area contributed by atoms with E-state index < -0.39 is 0 Å². The number of rotatable bonds is 5. The lowest BCUT2D eigenvalue weighted by Crippen LogP contribution is -2.46. The highest BCUT2D eigenvalue weighted by Crippen LogP contribution is 2.10. The molecule has 1 heterocycles. The molecule has 102 valence electrons. The van der Waals surface area contributed by atoms with E-state index in [1.165, 1.54) is 0 Å². The molecular weight excluding hydrogens is 230 g/mol. The first-order chi connectivity index (χ1) is 8.61. The first kappa shape index (κ1) is 14.8. The molecule has 5 heteroatoms. The number of urea groups is 1. The standard InChI is InChI=1S/C13H23N3O2/c1-4-6-14-13(17)15-7-5-8-16-9-11(2)18-12(3)10-16/h1,11-12H,5-10H2,2-3H3,(H2,14,15,17). The Morgan fingerprint density at radius 1 is 1.39 bits per heavy atom. The van der Waals surface area contributed by atoms with Gasteiger partial charge in [-0.15, -0.1) is 6.42 Å². The average molecular weight is 253 g/mol. The van der Waals surface area contributed by atoms with Gasteiger partial charge in [-0.05, 0) is 20.3 Å². The minimum atomic E-state index is -0.198. The third kappa shape index (κ3) is 5.89. The lowest BCUT2D eigenvalue weighted by molar-refractivity contribution is -0.0679. The molecule has 0 saturated carbocycles. The van der Waals surface area contributed by atoms with E-state index in [2.05, 4.69) is 35.3 Å². The molecule has 18 heavy (non-hydrogen) atoms. The van der Waals surface area contributed by atoms with E-state index in [0.29, 0.717) is 18.8 Å². The van der Waals surface area contributed by atoms with Crippen LogP contribution in [0.5, 0.6) is 0 Å². The van der Waals surface area contributed by atoms with Gasteiger partial charge in [0.05, 0.1) is 18.8 Å². The maximum atomic E-state index is 11.2. The van der Waals surface area contributed by atoms with Gasteiger partial charge in [0.25, 0.3) is 0 Å². The second kappa shape index (κ2) is 7.96. The number of carbonyl (C=O) groups excluding carboxylic acids is 1. The smallest absolute Gasteiger partial charge is 0.315 e. The Balaban J connectivity index is 2.07. The predicted octanol–water partition coefficient (Wildman–Crippen LogP) is 0.418. The number of nitrogens with zero attached hydrogens (tertiary/aromatic N) is 1. The molecule has 0 aliphatic carbocycles. The number of nitrogens with one attached hydrogen (secondary N) is 2. The fraction of sp³-hybridized carbons (Fsp3) is 0.769. The van der Waals surface area contributed by atoms with Crippen molar-refractivity contribution in [1.82, 2.24) is 15.5 Å². The van der Waals surface area contributed by atoms with Crippen LogP contribution >= 0.6 is 0 Å². The molecule has 2 atom stereocenters. The third-order valence-electron chi connectivity index (χ3n) is 2.78. The molecule has 5 nitrogen and oxygen atoms in total. The molecule has 0 aromatic carbocycles. The Bertz CT molecular complexity index is 291. The van der Waals surface area contributed by atoms with Gasteiger partial charge < -0.3 is 15.4 Å². The summed E-state index contributed by atoms with van der Waals surface area (Å²) in [5.41, 5.74) is 0. The molecule has 1 aliphatic heterocycles. The Kier molecular flexibility index (Phi) is 6.55. The Hall–Kier alpha value is -1.25. The lowest BCUT2D eigenvalue weighted by atomic mass is 10.2. The van der Waals surface area contributed by atoms with Gasteiger partial charge >= 0.3 is 6.03 Å². The summed E-state index contributed by atoms with van der Waals surface area (Å²) >= 11 is 0. The average Bonchev–Trinajstić information content (AvgIpc) is 2.31. The molecule has 2 unspecified atom stereocenters. The van der Waals surface area contributed by atoms with Crippen molar-refractivity contribution in [2.24, 2.45) is 0 Å². The Morgan fingerprint density at radius 2 is 2.06 bits per heavy atom. The lowest BCUT2D eigenvalue weighted by Gasteiger charge is -2.35. The van der Waals surface area contributed by atoms with Crippen LogP contribution in [0.1, 0.15) is 20.3 Å². The van der Waals surface area contributed by atoms with Gasteiger partial charge in [-0.2, -0.15) is 0 Å². The summed E-state index contributed by atoms with van der Waals surface area (Å²) in [4.78, 5) is 13.6. The van der Waals surface area contributed by atoms with Crippen LogP contribution in [0, 0.1) is 12.3 Å². The molecule has 1 saturated heterocycles. The zero-order valence-corrected chi connectivity index (χ0v) is 11.2. The van der Waals surface area contributed by atoms with Crippen LogP contribution in [-0.4, -0.2) is 55.9 Å². The van der Waals surface area contributed by atoms with Crippen molar-refractivity contribution >= 4 is 6.03 Å². The summed E-state index contributed by atoms with van der Waals surface area (Å²) < 4.78 is 5.67. The molecule has 0 spiro atoms. The Morgan fingerprint density at radius 3 is 2.67 bits per heavy atom. The number of amides is 2. The van der Waals surface area contributed by atoms with E-state index >= 15 is 0 Å². The van der Waals surface area contributed by atoms with E-state index in [1.54, 1.807) is 0 Å². The Labute approximate surface area is 109 Å². The first-order valence-corrected chi connectivity index (χ1v) is 6.44. The molecule has 1 fully saturated rings. The second-order valence-corrected chi connectivity index (χ2v) is 4.68. The van der Waals surface area contributed by atoms with Crippen LogP contribution in [0.3, 0.4) is 0 Å². The predicted molar refractivity (Wildman–Crippen MR) is 71.3 cm³/mol. The number of hydrogen-bond donors (Lipinski definition) is 2. The summed E-state index contributed by atoms with van der Waals surface area (Å²) in [6.07, 6.45) is 6.56. The molecular formula is C13H23N3O2. The normalized spacial score (nSPS) is 24.3. The highest BCUT2D eigenvalue weighted by atomic mass is 16.5. The van der Waals surface area contributed by atoms with Gasteiger partial charge in [-0.25, -0.2) is 4.79 Å². The highest BCUT2D eigenvalue weighted by Gasteiger charge is 2.21. The van der Waals surface area contributed by atoms with Crippen molar-refractivity contribution in [3.05, 3.63) is 0 Å². The quantitative estimate of drug-likeness (QED) is 0.551. The molecule has 0 aromatic heterocycles. The summed E-state index contributed by atoms with van der Waals surface area (Å²) in [6, 6.07) is -0.198. The molecule has 0 bridgehead atoms. The van der Waals surface area contributed by atoms with Crippen LogP contribution in [-0.2, 0) is 4.74 Å². The summed E-state index contributed by atoms with van der Waals surface area (Å²) in [6.45, 7) is 8.03. The van der Waals surface area contributed by atoms with Crippen molar-refractivity contribution < 1.29 is 9.53 Å².